The molecule has 0 aromatic rings. The van der Waals surface area contributed by atoms with Crippen LogP contribution in [0.4, 0.5) is 0 Å². The summed E-state index contributed by atoms with van der Waals surface area (Å²) in [5.74, 6) is 2.88. The predicted molar refractivity (Wildman–Crippen MR) is 75.1 cm³/mol. The molecule has 2 aliphatic carbocycles. The highest BCUT2D eigenvalue weighted by molar-refractivity contribution is 5.06. The fourth-order valence-electron chi connectivity index (χ4n) is 2.46. The highest BCUT2D eigenvalue weighted by atomic mass is 16.5. The van der Waals surface area contributed by atoms with E-state index < -0.39 is 0 Å². The molecule has 3 nitrogen and oxygen atoms in total. The van der Waals surface area contributed by atoms with Crippen LogP contribution in [-0.4, -0.2) is 25.3 Å². The molecule has 104 valence electrons. The molecule has 2 fully saturated rings. The van der Waals surface area contributed by atoms with Crippen LogP contribution < -0.4 is 11.5 Å². The van der Waals surface area contributed by atoms with Crippen molar-refractivity contribution in [2.45, 2.75) is 45.3 Å². The van der Waals surface area contributed by atoms with E-state index in [4.69, 9.17) is 16.2 Å². The summed E-state index contributed by atoms with van der Waals surface area (Å²) in [7, 11) is 0. The van der Waals surface area contributed by atoms with E-state index in [2.05, 4.69) is 26.0 Å². The summed E-state index contributed by atoms with van der Waals surface area (Å²) in [5.41, 5.74) is 11.7. The minimum atomic E-state index is 0.109. The topological polar surface area (TPSA) is 61.3 Å². The van der Waals surface area contributed by atoms with Crippen LogP contribution in [0.3, 0.4) is 0 Å². The van der Waals surface area contributed by atoms with E-state index in [-0.39, 0.29) is 6.10 Å². The van der Waals surface area contributed by atoms with Crippen LogP contribution in [0.2, 0.25) is 0 Å². The molecule has 0 aromatic heterocycles. The molecule has 5 unspecified atom stereocenters. The van der Waals surface area contributed by atoms with E-state index >= 15 is 0 Å². The van der Waals surface area contributed by atoms with Crippen molar-refractivity contribution < 1.29 is 4.74 Å². The maximum absolute atomic E-state index is 5.94. The van der Waals surface area contributed by atoms with Gasteiger partial charge in [0.15, 0.2) is 0 Å². The van der Waals surface area contributed by atoms with Crippen molar-refractivity contribution in [3.8, 4) is 0 Å². The van der Waals surface area contributed by atoms with Crippen molar-refractivity contribution in [3.63, 3.8) is 0 Å². The first-order valence-electron chi connectivity index (χ1n) is 7.37. The highest BCUT2D eigenvalue weighted by Crippen LogP contribution is 2.46. The van der Waals surface area contributed by atoms with Crippen molar-refractivity contribution >= 4 is 0 Å². The normalized spacial score (nSPS) is 32.4. The summed E-state index contributed by atoms with van der Waals surface area (Å²) in [6, 6.07) is 0.296. The van der Waals surface area contributed by atoms with Crippen molar-refractivity contribution in [2.75, 3.05) is 13.2 Å². The van der Waals surface area contributed by atoms with Gasteiger partial charge in [0.2, 0.25) is 0 Å². The Bertz CT molecular complexity index is 286. The lowest BCUT2D eigenvalue weighted by Gasteiger charge is -2.14. The van der Waals surface area contributed by atoms with Crippen LogP contribution in [-0.2, 0) is 4.74 Å². The summed E-state index contributed by atoms with van der Waals surface area (Å²) in [5, 5.41) is 0. The molecule has 0 aliphatic heterocycles. The molecule has 0 saturated heterocycles. The first-order chi connectivity index (χ1) is 8.61. The zero-order chi connectivity index (χ0) is 13.1. The zero-order valence-corrected chi connectivity index (χ0v) is 11.7. The van der Waals surface area contributed by atoms with Gasteiger partial charge in [-0.1, -0.05) is 19.1 Å². The Hall–Kier alpha value is -0.380. The van der Waals surface area contributed by atoms with Gasteiger partial charge in [-0.3, -0.25) is 0 Å². The van der Waals surface area contributed by atoms with Gasteiger partial charge in [0.1, 0.15) is 0 Å². The summed E-state index contributed by atoms with van der Waals surface area (Å²) in [4.78, 5) is 0. The molecule has 18 heavy (non-hydrogen) atoms. The number of rotatable bonds is 8. The van der Waals surface area contributed by atoms with Gasteiger partial charge in [0.05, 0.1) is 12.7 Å². The third-order valence-corrected chi connectivity index (χ3v) is 4.44. The molecule has 4 N–H and O–H groups in total. The predicted octanol–water partition coefficient (Wildman–Crippen LogP) is 1.92. The molecule has 3 heteroatoms. The van der Waals surface area contributed by atoms with E-state index in [0.717, 1.165) is 18.4 Å². The van der Waals surface area contributed by atoms with Gasteiger partial charge in [-0.25, -0.2) is 0 Å². The maximum Gasteiger partial charge on any atom is 0.0878 e. The molecule has 0 radical (unpaired) electrons. The maximum atomic E-state index is 5.94. The lowest BCUT2D eigenvalue weighted by Crippen LogP contribution is -2.26. The Labute approximate surface area is 111 Å². The van der Waals surface area contributed by atoms with Gasteiger partial charge < -0.3 is 16.2 Å². The molecule has 2 rings (SSSR count). The molecule has 0 amide bonds. The molecular formula is C15H28N2O. The lowest BCUT2D eigenvalue weighted by atomic mass is 9.97. The molecule has 2 saturated carbocycles. The van der Waals surface area contributed by atoms with Crippen molar-refractivity contribution in [1.82, 2.24) is 0 Å². The largest absolute Gasteiger partial charge is 0.373 e. The monoisotopic (exact) mass is 252 g/mol. The minimum absolute atomic E-state index is 0.109. The Morgan fingerprint density at radius 1 is 1.33 bits per heavy atom. The third-order valence-electron chi connectivity index (χ3n) is 4.44. The van der Waals surface area contributed by atoms with Crippen LogP contribution in [0.25, 0.3) is 0 Å². The zero-order valence-electron chi connectivity index (χ0n) is 11.7. The number of nitrogens with two attached hydrogens (primary N) is 2. The summed E-state index contributed by atoms with van der Waals surface area (Å²) in [6.45, 7) is 5.83. The fraction of sp³-hybridized carbons (Fsp3) is 0.867. The van der Waals surface area contributed by atoms with Crippen LogP contribution in [0.1, 0.15) is 33.1 Å². The first kappa shape index (κ1) is 14.0. The van der Waals surface area contributed by atoms with Crippen molar-refractivity contribution in [3.05, 3.63) is 12.2 Å². The molecule has 0 bridgehead atoms. The van der Waals surface area contributed by atoms with Crippen LogP contribution in [0.5, 0.6) is 0 Å². The highest BCUT2D eigenvalue weighted by Gasteiger charge is 2.40. The second-order valence-electron chi connectivity index (χ2n) is 6.22. The quantitative estimate of drug-likeness (QED) is 0.649. The van der Waals surface area contributed by atoms with E-state index in [0.29, 0.717) is 24.4 Å². The molecule has 5 atom stereocenters. The first-order valence-corrected chi connectivity index (χ1v) is 7.37. The van der Waals surface area contributed by atoms with Gasteiger partial charge in [-0.2, -0.15) is 0 Å². The van der Waals surface area contributed by atoms with Crippen LogP contribution in [0, 0.1) is 23.7 Å². The van der Waals surface area contributed by atoms with E-state index in [9.17, 15) is 0 Å². The Balaban J connectivity index is 1.69. The van der Waals surface area contributed by atoms with Gasteiger partial charge in [0, 0.05) is 12.6 Å². The fourth-order valence-corrected chi connectivity index (χ4v) is 2.46. The van der Waals surface area contributed by atoms with Crippen molar-refractivity contribution in [2.24, 2.45) is 35.1 Å². The van der Waals surface area contributed by atoms with Crippen LogP contribution >= 0.6 is 0 Å². The number of allylic oxidation sites excluding steroid dienone is 1. The average Bonchev–Trinajstić information content (AvgIpc) is 3.23. The second kappa shape index (κ2) is 6.18. The number of hydrogen-bond acceptors (Lipinski definition) is 3. The van der Waals surface area contributed by atoms with Gasteiger partial charge in [0.25, 0.3) is 0 Å². The van der Waals surface area contributed by atoms with Gasteiger partial charge in [-0.05, 0) is 49.9 Å². The molecule has 0 heterocycles. The third kappa shape index (κ3) is 4.08. The molecule has 0 spiro atoms. The summed E-state index contributed by atoms with van der Waals surface area (Å²) >= 11 is 0. The van der Waals surface area contributed by atoms with E-state index in [1.807, 2.05) is 0 Å². The summed E-state index contributed by atoms with van der Waals surface area (Å²) < 4.78 is 5.80. The van der Waals surface area contributed by atoms with Crippen LogP contribution in [0.15, 0.2) is 12.2 Å². The number of hydrogen-bond donors (Lipinski definition) is 2. The smallest absolute Gasteiger partial charge is 0.0878 e. The van der Waals surface area contributed by atoms with Crippen molar-refractivity contribution in [1.29, 1.82) is 0 Å². The van der Waals surface area contributed by atoms with E-state index in [1.165, 1.54) is 19.3 Å². The molecule has 0 aromatic carbocycles. The average molecular weight is 252 g/mol. The molecule has 2 aliphatic rings. The van der Waals surface area contributed by atoms with Gasteiger partial charge >= 0.3 is 0 Å². The molecular weight excluding hydrogens is 224 g/mol. The minimum Gasteiger partial charge on any atom is -0.373 e. The number of ether oxygens (including phenoxy) is 1. The Kier molecular flexibility index (Phi) is 4.82. The van der Waals surface area contributed by atoms with E-state index in [1.54, 1.807) is 0 Å². The second-order valence-corrected chi connectivity index (χ2v) is 6.22. The van der Waals surface area contributed by atoms with Gasteiger partial charge in [-0.15, -0.1) is 0 Å². The Morgan fingerprint density at radius 2 is 2.06 bits per heavy atom. The SMILES string of the molecule is CC(N)C(C)C1CC1/C=C\C(CN)OCC1CC1. The Morgan fingerprint density at radius 3 is 2.61 bits per heavy atom. The lowest BCUT2D eigenvalue weighted by molar-refractivity contribution is 0.0820. The summed E-state index contributed by atoms with van der Waals surface area (Å²) in [6.07, 6.45) is 8.51. The standard InChI is InChI=1S/C15H28N2O/c1-10(11(2)17)15-7-13(15)5-6-14(8-16)18-9-12-3-4-12/h5-6,10-15H,3-4,7-9,16-17H2,1-2H3/b6-5-.